The van der Waals surface area contributed by atoms with Crippen LogP contribution in [0.25, 0.3) is 0 Å². The summed E-state index contributed by atoms with van der Waals surface area (Å²) in [6, 6.07) is 2.27. The molecule has 16 heavy (non-hydrogen) atoms. The van der Waals surface area contributed by atoms with Crippen LogP contribution in [0.4, 0.5) is 5.82 Å². The van der Waals surface area contributed by atoms with Gasteiger partial charge in [-0.05, 0) is 26.3 Å². The van der Waals surface area contributed by atoms with Crippen LogP contribution in [-0.2, 0) is 0 Å². The monoisotopic (exact) mass is 224 g/mol. The van der Waals surface area contributed by atoms with Gasteiger partial charge < -0.3 is 10.6 Å². The number of aromatic amines is 1. The maximum atomic E-state index is 11.2. The fourth-order valence-corrected chi connectivity index (χ4v) is 2.57. The van der Waals surface area contributed by atoms with Crippen LogP contribution in [0.2, 0.25) is 0 Å². The number of nitrogens with two attached hydrogens (primary N) is 1. The van der Waals surface area contributed by atoms with E-state index < -0.39 is 0 Å². The number of piperidine rings is 1. The highest BCUT2D eigenvalue weighted by molar-refractivity contribution is 5.27. The number of anilines is 1. The summed E-state index contributed by atoms with van der Waals surface area (Å²) in [5.41, 5.74) is 5.72. The van der Waals surface area contributed by atoms with Gasteiger partial charge in [0.1, 0.15) is 5.82 Å². The highest BCUT2D eigenvalue weighted by Crippen LogP contribution is 2.31. The molecule has 1 aromatic rings. The van der Waals surface area contributed by atoms with Crippen molar-refractivity contribution in [3.05, 3.63) is 16.4 Å². The predicted octanol–water partition coefficient (Wildman–Crippen LogP) is 0.660. The first-order valence-corrected chi connectivity index (χ1v) is 5.76. The van der Waals surface area contributed by atoms with Crippen molar-refractivity contribution in [2.45, 2.75) is 32.4 Å². The van der Waals surface area contributed by atoms with Crippen LogP contribution in [-0.4, -0.2) is 34.3 Å². The predicted molar refractivity (Wildman–Crippen MR) is 64.4 cm³/mol. The third-order valence-corrected chi connectivity index (χ3v) is 3.69. The first-order chi connectivity index (χ1) is 7.49. The van der Waals surface area contributed by atoms with E-state index in [0.29, 0.717) is 23.8 Å². The molecule has 1 aliphatic heterocycles. The van der Waals surface area contributed by atoms with Crippen molar-refractivity contribution in [3.8, 4) is 0 Å². The van der Waals surface area contributed by atoms with Crippen LogP contribution in [0.1, 0.15) is 26.3 Å². The van der Waals surface area contributed by atoms with E-state index in [9.17, 15) is 4.79 Å². The summed E-state index contributed by atoms with van der Waals surface area (Å²) in [4.78, 5) is 13.6. The van der Waals surface area contributed by atoms with Gasteiger partial charge in [-0.25, -0.2) is 0 Å². The summed E-state index contributed by atoms with van der Waals surface area (Å²) >= 11 is 0. The van der Waals surface area contributed by atoms with Crippen molar-refractivity contribution in [2.75, 3.05) is 19.3 Å². The van der Waals surface area contributed by atoms with Gasteiger partial charge in [-0.1, -0.05) is 6.92 Å². The van der Waals surface area contributed by atoms with Gasteiger partial charge in [0.05, 0.1) is 6.04 Å². The Morgan fingerprint density at radius 3 is 2.75 bits per heavy atom. The zero-order chi connectivity index (χ0) is 11.9. The Bertz CT molecular complexity index is 422. The van der Waals surface area contributed by atoms with Crippen molar-refractivity contribution < 1.29 is 0 Å². The molecule has 90 valence electrons. The third-order valence-electron chi connectivity index (χ3n) is 3.69. The Morgan fingerprint density at radius 2 is 2.19 bits per heavy atom. The Labute approximate surface area is 95.2 Å². The molecule has 2 heterocycles. The number of likely N-dealkylation sites (tertiary alicyclic amines) is 1. The minimum Gasteiger partial charge on any atom is -0.384 e. The lowest BCUT2D eigenvalue weighted by molar-refractivity contribution is 0.102. The average Bonchev–Trinajstić information content (AvgIpc) is 2.51. The molecule has 3 atom stereocenters. The van der Waals surface area contributed by atoms with Crippen LogP contribution in [0.5, 0.6) is 0 Å². The minimum atomic E-state index is -0.115. The molecule has 1 aromatic heterocycles. The van der Waals surface area contributed by atoms with E-state index in [1.807, 2.05) is 4.68 Å². The lowest BCUT2D eigenvalue weighted by Gasteiger charge is -2.40. The number of nitrogen functional groups attached to an aromatic ring is 1. The van der Waals surface area contributed by atoms with Crippen LogP contribution < -0.4 is 11.3 Å². The summed E-state index contributed by atoms with van der Waals surface area (Å²) in [5, 5.41) is 2.80. The van der Waals surface area contributed by atoms with E-state index >= 15 is 0 Å². The van der Waals surface area contributed by atoms with Crippen molar-refractivity contribution in [1.82, 2.24) is 14.7 Å². The van der Waals surface area contributed by atoms with Gasteiger partial charge in [-0.15, -0.1) is 0 Å². The van der Waals surface area contributed by atoms with Gasteiger partial charge in [0.25, 0.3) is 5.56 Å². The molecule has 1 fully saturated rings. The van der Waals surface area contributed by atoms with Gasteiger partial charge in [0.15, 0.2) is 0 Å². The van der Waals surface area contributed by atoms with Gasteiger partial charge >= 0.3 is 0 Å². The Hall–Kier alpha value is -1.23. The summed E-state index contributed by atoms with van der Waals surface area (Å²) in [7, 11) is 2.14. The normalized spacial score (nSPS) is 31.8. The molecule has 0 unspecified atom stereocenters. The van der Waals surface area contributed by atoms with Crippen molar-refractivity contribution in [1.29, 1.82) is 0 Å². The van der Waals surface area contributed by atoms with Gasteiger partial charge in [-0.2, -0.15) is 0 Å². The number of H-pyrrole nitrogens is 1. The molecule has 1 saturated heterocycles. The highest BCUT2D eigenvalue weighted by atomic mass is 16.1. The largest absolute Gasteiger partial charge is 0.384 e. The molecular weight excluding hydrogens is 204 g/mol. The SMILES string of the molecule is C[C@@H]1CN(C)[C@H](C)C[C@H]1n1[nH]c(=O)cc1N. The molecule has 0 radical (unpaired) electrons. The fraction of sp³-hybridized carbons (Fsp3) is 0.727. The fourth-order valence-electron chi connectivity index (χ4n) is 2.57. The molecule has 0 bridgehead atoms. The van der Waals surface area contributed by atoms with Crippen molar-refractivity contribution in [2.24, 2.45) is 5.92 Å². The Balaban J connectivity index is 2.27. The standard InChI is InChI=1S/C11H20N4O/c1-7-6-14(3)8(2)4-9(7)15-10(12)5-11(16)13-15/h5,7-9H,4,6,12H2,1-3H3,(H,13,16)/t7-,8-,9-/m1/s1. The summed E-state index contributed by atoms with van der Waals surface area (Å²) in [6.45, 7) is 5.44. The second-order valence-corrected chi connectivity index (χ2v) is 4.98. The van der Waals surface area contributed by atoms with E-state index in [-0.39, 0.29) is 5.56 Å². The second-order valence-electron chi connectivity index (χ2n) is 4.98. The molecule has 0 aliphatic carbocycles. The first-order valence-electron chi connectivity index (χ1n) is 5.76. The molecule has 0 saturated carbocycles. The highest BCUT2D eigenvalue weighted by Gasteiger charge is 2.31. The number of rotatable bonds is 1. The van der Waals surface area contributed by atoms with Crippen LogP contribution in [0, 0.1) is 5.92 Å². The summed E-state index contributed by atoms with van der Waals surface area (Å²) in [6.07, 6.45) is 1.02. The quantitative estimate of drug-likeness (QED) is 0.736. The lowest BCUT2D eigenvalue weighted by Crippen LogP contribution is -2.44. The number of aromatic nitrogens is 2. The minimum absolute atomic E-state index is 0.115. The molecule has 2 rings (SSSR count). The Kier molecular flexibility index (Phi) is 2.80. The molecule has 0 amide bonds. The number of nitrogens with one attached hydrogen (secondary N) is 1. The molecule has 0 spiro atoms. The molecule has 5 heteroatoms. The maximum Gasteiger partial charge on any atom is 0.266 e. The molecular formula is C11H20N4O. The molecule has 3 N–H and O–H groups in total. The molecule has 1 aliphatic rings. The van der Waals surface area contributed by atoms with E-state index in [1.165, 1.54) is 6.07 Å². The van der Waals surface area contributed by atoms with E-state index in [2.05, 4.69) is 30.9 Å². The summed E-state index contributed by atoms with van der Waals surface area (Å²) < 4.78 is 1.83. The average molecular weight is 224 g/mol. The van der Waals surface area contributed by atoms with Gasteiger partial charge in [0.2, 0.25) is 0 Å². The number of hydrogen-bond acceptors (Lipinski definition) is 3. The first kappa shape index (κ1) is 11.3. The van der Waals surface area contributed by atoms with Crippen molar-refractivity contribution >= 4 is 5.82 Å². The van der Waals surface area contributed by atoms with Crippen LogP contribution in [0.3, 0.4) is 0 Å². The lowest BCUT2D eigenvalue weighted by atomic mass is 9.90. The van der Waals surface area contributed by atoms with E-state index in [0.717, 1.165) is 13.0 Å². The van der Waals surface area contributed by atoms with Gasteiger partial charge in [0, 0.05) is 18.7 Å². The third kappa shape index (κ3) is 1.87. The zero-order valence-corrected chi connectivity index (χ0v) is 10.1. The number of hydrogen-bond donors (Lipinski definition) is 2. The Morgan fingerprint density at radius 1 is 1.50 bits per heavy atom. The maximum absolute atomic E-state index is 11.2. The van der Waals surface area contributed by atoms with E-state index in [4.69, 9.17) is 5.73 Å². The summed E-state index contributed by atoms with van der Waals surface area (Å²) in [5.74, 6) is 1.03. The van der Waals surface area contributed by atoms with Crippen LogP contribution in [0.15, 0.2) is 10.9 Å². The van der Waals surface area contributed by atoms with Crippen molar-refractivity contribution in [3.63, 3.8) is 0 Å². The molecule has 5 nitrogen and oxygen atoms in total. The number of nitrogens with zero attached hydrogens (tertiary/aromatic N) is 2. The topological polar surface area (TPSA) is 67.0 Å². The smallest absolute Gasteiger partial charge is 0.266 e. The zero-order valence-electron chi connectivity index (χ0n) is 10.1. The van der Waals surface area contributed by atoms with E-state index in [1.54, 1.807) is 0 Å². The van der Waals surface area contributed by atoms with Gasteiger partial charge in [-0.3, -0.25) is 14.6 Å². The molecule has 0 aromatic carbocycles. The van der Waals surface area contributed by atoms with Crippen LogP contribution >= 0.6 is 0 Å². The second kappa shape index (κ2) is 3.97.